The molecule has 0 radical (unpaired) electrons. The van der Waals surface area contributed by atoms with Gasteiger partial charge in [0.15, 0.2) is 0 Å². The number of nitrogens with zero attached hydrogens (tertiary/aromatic N) is 2. The number of aliphatic carboxylic acids is 1. The highest BCUT2D eigenvalue weighted by molar-refractivity contribution is 9.10. The number of carbonyl (C=O) groups is 1. The van der Waals surface area contributed by atoms with E-state index in [0.29, 0.717) is 11.4 Å². The summed E-state index contributed by atoms with van der Waals surface area (Å²) in [6, 6.07) is 11.3. The first-order chi connectivity index (χ1) is 11.1. The normalized spacial score (nSPS) is 11.2. The average molecular weight is 373 g/mol. The molecule has 3 rings (SSSR count). The number of imidazole rings is 1. The van der Waals surface area contributed by atoms with Crippen LogP contribution in [-0.4, -0.2) is 27.6 Å². The fourth-order valence-electron chi connectivity index (χ4n) is 2.31. The molecule has 0 aliphatic rings. The molecule has 0 unspecified atom stereocenters. The van der Waals surface area contributed by atoms with Gasteiger partial charge in [0.2, 0.25) is 0 Å². The first-order valence-electron chi connectivity index (χ1n) is 6.81. The van der Waals surface area contributed by atoms with Crippen LogP contribution in [0, 0.1) is 0 Å². The van der Waals surface area contributed by atoms with Gasteiger partial charge >= 0.3 is 5.97 Å². The summed E-state index contributed by atoms with van der Waals surface area (Å²) in [5.41, 5.74) is 3.04. The fourth-order valence-corrected chi connectivity index (χ4v) is 2.64. The summed E-state index contributed by atoms with van der Waals surface area (Å²) in [5, 5.41) is 8.93. The second kappa shape index (κ2) is 6.26. The van der Waals surface area contributed by atoms with Gasteiger partial charge in [0.05, 0.1) is 18.5 Å². The first-order valence-corrected chi connectivity index (χ1v) is 7.61. The van der Waals surface area contributed by atoms with Crippen molar-refractivity contribution in [3.8, 4) is 17.0 Å². The monoisotopic (exact) mass is 372 g/mol. The lowest BCUT2D eigenvalue weighted by Gasteiger charge is -2.03. The summed E-state index contributed by atoms with van der Waals surface area (Å²) in [6.07, 6.45) is 4.52. The van der Waals surface area contributed by atoms with Gasteiger partial charge in [0.1, 0.15) is 11.4 Å². The molecule has 0 spiro atoms. The van der Waals surface area contributed by atoms with Crippen molar-refractivity contribution in [3.63, 3.8) is 0 Å². The molecule has 0 aliphatic heterocycles. The van der Waals surface area contributed by atoms with Crippen molar-refractivity contribution in [1.82, 2.24) is 9.38 Å². The standard InChI is InChI=1S/C17H13BrN2O3/c1-23-13-5-2-11(3-6-13)17-14(7-9-16(21)22)20-10-12(18)4-8-15(20)19-17/h2-10H,1H3,(H,21,22)/b9-7+. The smallest absolute Gasteiger partial charge is 0.328 e. The van der Waals surface area contributed by atoms with Crippen LogP contribution >= 0.6 is 15.9 Å². The minimum atomic E-state index is -1.00. The number of pyridine rings is 1. The lowest BCUT2D eigenvalue weighted by atomic mass is 10.1. The van der Waals surface area contributed by atoms with Crippen LogP contribution in [0.15, 0.2) is 53.1 Å². The highest BCUT2D eigenvalue weighted by atomic mass is 79.9. The van der Waals surface area contributed by atoms with E-state index in [1.807, 2.05) is 47.0 Å². The van der Waals surface area contributed by atoms with Crippen molar-refractivity contribution in [3.05, 3.63) is 58.8 Å². The average Bonchev–Trinajstić information content (AvgIpc) is 2.90. The third-order valence-electron chi connectivity index (χ3n) is 3.37. The van der Waals surface area contributed by atoms with Crippen molar-refractivity contribution < 1.29 is 14.6 Å². The number of hydrogen-bond acceptors (Lipinski definition) is 3. The van der Waals surface area contributed by atoms with Crippen LogP contribution in [0.25, 0.3) is 23.0 Å². The predicted molar refractivity (Wildman–Crippen MR) is 91.5 cm³/mol. The second-order valence-corrected chi connectivity index (χ2v) is 5.74. The van der Waals surface area contributed by atoms with E-state index in [1.54, 1.807) is 13.2 Å². The molecule has 5 nitrogen and oxygen atoms in total. The van der Waals surface area contributed by atoms with Crippen molar-refractivity contribution >= 4 is 33.6 Å². The maximum absolute atomic E-state index is 10.9. The van der Waals surface area contributed by atoms with Gasteiger partial charge in [-0.25, -0.2) is 9.78 Å². The van der Waals surface area contributed by atoms with E-state index < -0.39 is 5.97 Å². The summed E-state index contributed by atoms with van der Waals surface area (Å²) in [6.45, 7) is 0. The highest BCUT2D eigenvalue weighted by Gasteiger charge is 2.12. The van der Waals surface area contributed by atoms with E-state index >= 15 is 0 Å². The number of aromatic nitrogens is 2. The Morgan fingerprint density at radius 3 is 2.65 bits per heavy atom. The number of benzene rings is 1. The molecule has 0 bridgehead atoms. The molecule has 3 aromatic rings. The van der Waals surface area contributed by atoms with Crippen LogP contribution in [0.4, 0.5) is 0 Å². The molecule has 23 heavy (non-hydrogen) atoms. The van der Waals surface area contributed by atoms with Gasteiger partial charge in [-0.15, -0.1) is 0 Å². The molecule has 0 amide bonds. The molecule has 1 N–H and O–H groups in total. The van der Waals surface area contributed by atoms with Crippen molar-refractivity contribution in [1.29, 1.82) is 0 Å². The second-order valence-electron chi connectivity index (χ2n) is 4.82. The Hall–Kier alpha value is -2.60. The SMILES string of the molecule is COc1ccc(-c2nc3ccc(Br)cn3c2/C=C/C(=O)O)cc1. The Kier molecular flexibility index (Phi) is 4.16. The summed E-state index contributed by atoms with van der Waals surface area (Å²) < 4.78 is 7.90. The molecule has 0 aliphatic carbocycles. The lowest BCUT2D eigenvalue weighted by molar-refractivity contribution is -0.131. The predicted octanol–water partition coefficient (Wildman–Crippen LogP) is 3.87. The Balaban J connectivity index is 2.21. The summed E-state index contributed by atoms with van der Waals surface area (Å²) in [7, 11) is 1.61. The van der Waals surface area contributed by atoms with Gasteiger partial charge in [0.25, 0.3) is 0 Å². The number of carboxylic acid groups (broad SMARTS) is 1. The zero-order chi connectivity index (χ0) is 16.4. The highest BCUT2D eigenvalue weighted by Crippen LogP contribution is 2.28. The van der Waals surface area contributed by atoms with Gasteiger partial charge in [-0.2, -0.15) is 0 Å². The topological polar surface area (TPSA) is 63.8 Å². The van der Waals surface area contributed by atoms with Crippen molar-refractivity contribution in [2.24, 2.45) is 0 Å². The molecule has 116 valence electrons. The van der Waals surface area contributed by atoms with Crippen LogP contribution < -0.4 is 4.74 Å². The molecule has 0 saturated heterocycles. The van der Waals surface area contributed by atoms with Gasteiger partial charge in [-0.3, -0.25) is 4.40 Å². The summed E-state index contributed by atoms with van der Waals surface area (Å²) in [5.74, 6) is -0.251. The summed E-state index contributed by atoms with van der Waals surface area (Å²) in [4.78, 5) is 15.5. The number of rotatable bonds is 4. The zero-order valence-corrected chi connectivity index (χ0v) is 13.8. The van der Waals surface area contributed by atoms with Gasteiger partial charge in [-0.05, 0) is 58.4 Å². The maximum Gasteiger partial charge on any atom is 0.328 e. The van der Waals surface area contributed by atoms with Crippen LogP contribution in [0.2, 0.25) is 0 Å². The Labute approximate surface area is 141 Å². The van der Waals surface area contributed by atoms with Crippen LogP contribution in [0.5, 0.6) is 5.75 Å². The summed E-state index contributed by atoms with van der Waals surface area (Å²) >= 11 is 3.43. The van der Waals surface area contributed by atoms with E-state index in [4.69, 9.17) is 9.84 Å². The zero-order valence-electron chi connectivity index (χ0n) is 12.2. The molecule has 0 fully saturated rings. The largest absolute Gasteiger partial charge is 0.497 e. The molecule has 2 aromatic heterocycles. The molecule has 0 atom stereocenters. The molecule has 1 aromatic carbocycles. The van der Waals surface area contributed by atoms with Crippen LogP contribution in [-0.2, 0) is 4.79 Å². The number of ether oxygens (including phenoxy) is 1. The maximum atomic E-state index is 10.9. The Morgan fingerprint density at radius 1 is 1.26 bits per heavy atom. The quantitative estimate of drug-likeness (QED) is 0.706. The minimum absolute atomic E-state index is 0.703. The number of methoxy groups -OCH3 is 1. The van der Waals surface area contributed by atoms with E-state index in [0.717, 1.165) is 27.5 Å². The third-order valence-corrected chi connectivity index (χ3v) is 3.84. The van der Waals surface area contributed by atoms with E-state index in [-0.39, 0.29) is 0 Å². The first kappa shape index (κ1) is 15.3. The van der Waals surface area contributed by atoms with E-state index in [2.05, 4.69) is 20.9 Å². The lowest BCUT2D eigenvalue weighted by Crippen LogP contribution is -1.91. The molecule has 2 heterocycles. The fraction of sp³-hybridized carbons (Fsp3) is 0.0588. The Bertz CT molecular complexity index is 898. The molecule has 0 saturated carbocycles. The van der Waals surface area contributed by atoms with Crippen molar-refractivity contribution in [2.45, 2.75) is 0 Å². The van der Waals surface area contributed by atoms with Gasteiger partial charge in [0, 0.05) is 22.3 Å². The third kappa shape index (κ3) is 3.12. The van der Waals surface area contributed by atoms with Gasteiger partial charge < -0.3 is 9.84 Å². The van der Waals surface area contributed by atoms with Crippen LogP contribution in [0.1, 0.15) is 5.69 Å². The van der Waals surface area contributed by atoms with E-state index in [1.165, 1.54) is 0 Å². The van der Waals surface area contributed by atoms with E-state index in [9.17, 15) is 4.79 Å². The molecule has 6 heteroatoms. The number of carboxylic acids is 1. The number of halogens is 1. The Morgan fingerprint density at radius 2 is 2.00 bits per heavy atom. The van der Waals surface area contributed by atoms with Crippen LogP contribution in [0.3, 0.4) is 0 Å². The number of fused-ring (bicyclic) bond motifs is 1. The molecular formula is C17H13BrN2O3. The van der Waals surface area contributed by atoms with Gasteiger partial charge in [-0.1, -0.05) is 0 Å². The van der Waals surface area contributed by atoms with Crippen molar-refractivity contribution in [2.75, 3.05) is 7.11 Å². The number of hydrogen-bond donors (Lipinski definition) is 1. The minimum Gasteiger partial charge on any atom is -0.497 e. The molecular weight excluding hydrogens is 360 g/mol.